The first-order valence-electron chi connectivity index (χ1n) is 6.69. The minimum atomic E-state index is -0.545. The lowest BCUT2D eigenvalue weighted by molar-refractivity contribution is 0.00621. The molecule has 0 bridgehead atoms. The molecule has 2 aromatic rings. The molecule has 0 aliphatic carbocycles. The number of esters is 1. The number of nitrogens with one attached hydrogen (secondary N) is 1. The molecule has 1 aliphatic heterocycles. The number of anilines is 1. The van der Waals surface area contributed by atoms with Gasteiger partial charge < -0.3 is 10.1 Å². The zero-order valence-corrected chi connectivity index (χ0v) is 12.9. The summed E-state index contributed by atoms with van der Waals surface area (Å²) < 4.78 is 7.26. The maximum absolute atomic E-state index is 12.2. The van der Waals surface area contributed by atoms with Crippen molar-refractivity contribution < 1.29 is 9.53 Å². The fraction of sp³-hybridized carbons (Fsp3) is 0.333. The third kappa shape index (κ3) is 2.49. The number of fused-ring (bicyclic) bond motifs is 3. The van der Waals surface area contributed by atoms with Gasteiger partial charge >= 0.3 is 5.97 Å². The van der Waals surface area contributed by atoms with Crippen LogP contribution in [0, 0.1) is 0 Å². The first-order valence-corrected chi connectivity index (χ1v) is 7.07. The third-order valence-electron chi connectivity index (χ3n) is 3.14. The van der Waals surface area contributed by atoms with Crippen LogP contribution in [0.5, 0.6) is 0 Å². The van der Waals surface area contributed by atoms with E-state index < -0.39 is 11.6 Å². The van der Waals surface area contributed by atoms with Gasteiger partial charge in [0.15, 0.2) is 5.69 Å². The van der Waals surface area contributed by atoms with Crippen LogP contribution in [0.4, 0.5) is 5.69 Å². The number of carbonyl (C=O) groups is 1. The Morgan fingerprint density at radius 2 is 2.19 bits per heavy atom. The maximum atomic E-state index is 12.2. The van der Waals surface area contributed by atoms with Gasteiger partial charge in [-0.3, -0.25) is 4.57 Å². The van der Waals surface area contributed by atoms with Gasteiger partial charge in [-0.25, -0.2) is 9.78 Å². The molecule has 1 aliphatic rings. The van der Waals surface area contributed by atoms with E-state index in [0.717, 1.165) is 17.1 Å². The summed E-state index contributed by atoms with van der Waals surface area (Å²) in [4.78, 5) is 16.4. The molecule has 1 aromatic heterocycles. The number of imidazole rings is 1. The van der Waals surface area contributed by atoms with Crippen LogP contribution < -0.4 is 5.32 Å². The summed E-state index contributed by atoms with van der Waals surface area (Å²) in [6, 6.07) is 5.62. The maximum Gasteiger partial charge on any atom is 0.359 e. The number of para-hydroxylation sites is 1. The van der Waals surface area contributed by atoms with Crippen molar-refractivity contribution in [2.24, 2.45) is 0 Å². The summed E-state index contributed by atoms with van der Waals surface area (Å²) in [7, 11) is 0. The minimum Gasteiger partial charge on any atom is -0.455 e. The predicted octanol–water partition coefficient (Wildman–Crippen LogP) is 3.41. The number of carbonyl (C=O) groups excluding carboxylic acids is 1. The molecule has 110 valence electrons. The molecule has 1 N–H and O–H groups in total. The van der Waals surface area contributed by atoms with E-state index in [0.29, 0.717) is 17.3 Å². The number of ether oxygens (including phenoxy) is 1. The van der Waals surface area contributed by atoms with Crippen LogP contribution in [-0.4, -0.2) is 21.1 Å². The molecular formula is C15H16ClN3O2. The molecule has 3 rings (SSSR count). The Morgan fingerprint density at radius 3 is 2.90 bits per heavy atom. The average molecular weight is 306 g/mol. The number of hydrogen-bond acceptors (Lipinski definition) is 4. The van der Waals surface area contributed by atoms with Gasteiger partial charge in [0, 0.05) is 0 Å². The molecule has 2 heterocycles. The van der Waals surface area contributed by atoms with Gasteiger partial charge in [-0.2, -0.15) is 0 Å². The highest BCUT2D eigenvalue weighted by atomic mass is 35.5. The Labute approximate surface area is 127 Å². The molecule has 6 heteroatoms. The molecule has 0 unspecified atom stereocenters. The predicted molar refractivity (Wildman–Crippen MR) is 81.1 cm³/mol. The summed E-state index contributed by atoms with van der Waals surface area (Å²) in [5.41, 5.74) is 2.30. The van der Waals surface area contributed by atoms with E-state index in [1.807, 2.05) is 43.5 Å². The van der Waals surface area contributed by atoms with Crippen molar-refractivity contribution in [1.29, 1.82) is 0 Å². The Balaban J connectivity index is 2.02. The van der Waals surface area contributed by atoms with Crippen molar-refractivity contribution in [3.05, 3.63) is 40.9 Å². The fourth-order valence-electron chi connectivity index (χ4n) is 2.31. The Hall–Kier alpha value is -2.01. The molecular weight excluding hydrogens is 290 g/mol. The molecule has 0 atom stereocenters. The first-order chi connectivity index (χ1) is 9.87. The summed E-state index contributed by atoms with van der Waals surface area (Å²) in [5, 5.41) is 3.87. The normalized spacial score (nSPS) is 13.1. The average Bonchev–Trinajstić information content (AvgIpc) is 2.81. The molecule has 0 fully saturated rings. The van der Waals surface area contributed by atoms with Gasteiger partial charge in [0.25, 0.3) is 0 Å². The molecule has 0 saturated carbocycles. The zero-order valence-electron chi connectivity index (χ0n) is 12.1. The number of benzene rings is 1. The van der Waals surface area contributed by atoms with E-state index in [9.17, 15) is 4.79 Å². The molecule has 0 radical (unpaired) electrons. The Bertz CT molecular complexity index is 716. The van der Waals surface area contributed by atoms with Crippen molar-refractivity contribution in [3.63, 3.8) is 0 Å². The van der Waals surface area contributed by atoms with Gasteiger partial charge in [-0.15, -0.1) is 0 Å². The van der Waals surface area contributed by atoms with Gasteiger partial charge in [-0.1, -0.05) is 17.7 Å². The quantitative estimate of drug-likeness (QED) is 0.820. The Morgan fingerprint density at radius 1 is 1.43 bits per heavy atom. The number of aromatic nitrogens is 2. The lowest BCUT2D eigenvalue weighted by Gasteiger charge is -2.23. The van der Waals surface area contributed by atoms with Crippen molar-refractivity contribution in [2.75, 3.05) is 5.32 Å². The molecule has 1 aromatic carbocycles. The number of rotatable bonds is 1. The van der Waals surface area contributed by atoms with E-state index in [4.69, 9.17) is 16.3 Å². The van der Waals surface area contributed by atoms with Crippen molar-refractivity contribution in [3.8, 4) is 5.69 Å². The van der Waals surface area contributed by atoms with E-state index in [2.05, 4.69) is 10.3 Å². The Kier molecular flexibility index (Phi) is 3.17. The number of nitrogens with zero attached hydrogens (tertiary/aromatic N) is 2. The minimum absolute atomic E-state index is 0.336. The summed E-state index contributed by atoms with van der Waals surface area (Å²) in [6.07, 6.45) is 1.63. The number of halogens is 1. The van der Waals surface area contributed by atoms with Crippen molar-refractivity contribution >= 4 is 23.3 Å². The molecule has 0 spiro atoms. The summed E-state index contributed by atoms with van der Waals surface area (Å²) in [6.45, 7) is 5.98. The zero-order chi connectivity index (χ0) is 15.2. The first kappa shape index (κ1) is 13.9. The van der Waals surface area contributed by atoms with Crippen LogP contribution in [-0.2, 0) is 11.3 Å². The van der Waals surface area contributed by atoms with Crippen LogP contribution in [0.3, 0.4) is 0 Å². The van der Waals surface area contributed by atoms with Crippen LogP contribution in [0.15, 0.2) is 24.5 Å². The van der Waals surface area contributed by atoms with E-state index in [1.54, 1.807) is 6.33 Å². The molecule has 21 heavy (non-hydrogen) atoms. The van der Waals surface area contributed by atoms with Gasteiger partial charge in [0.05, 0.1) is 28.6 Å². The second kappa shape index (κ2) is 4.77. The largest absolute Gasteiger partial charge is 0.455 e. The topological polar surface area (TPSA) is 56.1 Å². The van der Waals surface area contributed by atoms with Gasteiger partial charge in [0.2, 0.25) is 0 Å². The smallest absolute Gasteiger partial charge is 0.359 e. The third-order valence-corrected chi connectivity index (χ3v) is 3.46. The van der Waals surface area contributed by atoms with Gasteiger partial charge in [-0.05, 0) is 32.9 Å². The van der Waals surface area contributed by atoms with Crippen LogP contribution >= 0.6 is 11.6 Å². The van der Waals surface area contributed by atoms with Crippen molar-refractivity contribution in [2.45, 2.75) is 32.9 Å². The lowest BCUT2D eigenvalue weighted by Crippen LogP contribution is -2.26. The molecule has 5 nitrogen and oxygen atoms in total. The summed E-state index contributed by atoms with van der Waals surface area (Å²) in [5.74, 6) is -0.413. The van der Waals surface area contributed by atoms with Crippen molar-refractivity contribution in [1.82, 2.24) is 9.55 Å². The van der Waals surface area contributed by atoms with E-state index in [-0.39, 0.29) is 0 Å². The number of hydrogen-bond donors (Lipinski definition) is 1. The summed E-state index contributed by atoms with van der Waals surface area (Å²) >= 11 is 6.18. The van der Waals surface area contributed by atoms with Crippen LogP contribution in [0.2, 0.25) is 5.02 Å². The highest BCUT2D eigenvalue weighted by Crippen LogP contribution is 2.34. The standard InChI is InChI=1S/C15H16ClN3O2/c1-15(2,3)21-14(20)13-11-7-17-12-9(16)5-4-6-10(12)19(11)8-18-13/h4-6,8,17H,7H2,1-3H3. The molecule has 0 amide bonds. The lowest BCUT2D eigenvalue weighted by atomic mass is 10.1. The second-order valence-electron chi connectivity index (χ2n) is 5.90. The van der Waals surface area contributed by atoms with E-state index >= 15 is 0 Å². The highest BCUT2D eigenvalue weighted by molar-refractivity contribution is 6.33. The van der Waals surface area contributed by atoms with Crippen LogP contribution in [0.25, 0.3) is 5.69 Å². The highest BCUT2D eigenvalue weighted by Gasteiger charge is 2.27. The van der Waals surface area contributed by atoms with Gasteiger partial charge in [0.1, 0.15) is 11.9 Å². The SMILES string of the molecule is CC(C)(C)OC(=O)c1ncn2c1CNc1c(Cl)cccc1-2. The van der Waals surface area contributed by atoms with Crippen LogP contribution in [0.1, 0.15) is 37.0 Å². The monoisotopic (exact) mass is 305 g/mol. The molecule has 0 saturated heterocycles. The second-order valence-corrected chi connectivity index (χ2v) is 6.31. The fourth-order valence-corrected chi connectivity index (χ4v) is 2.54. The van der Waals surface area contributed by atoms with E-state index in [1.165, 1.54) is 0 Å².